The van der Waals surface area contributed by atoms with E-state index in [-0.39, 0.29) is 0 Å². The van der Waals surface area contributed by atoms with Crippen molar-refractivity contribution in [2.75, 3.05) is 0 Å². The van der Waals surface area contributed by atoms with Gasteiger partial charge in [0, 0.05) is 33.5 Å². The zero-order chi connectivity index (χ0) is 26.0. The molecule has 7 heteroatoms. The minimum absolute atomic E-state index is 0.356. The second kappa shape index (κ2) is 8.74. The average molecular weight is 517 g/mol. The van der Waals surface area contributed by atoms with Crippen molar-refractivity contribution in [1.29, 1.82) is 0 Å². The largest absolute Gasteiger partial charge is 0.341 e. The Labute approximate surface area is 224 Å². The van der Waals surface area contributed by atoms with Gasteiger partial charge in [0.15, 0.2) is 0 Å². The van der Waals surface area contributed by atoms with Crippen LogP contribution < -0.4 is 0 Å². The SMILES string of the molecule is CC[C@@H](C)c1nc2c3ccc(-c4ccc5cc(-c6cnc(C(C)C)[nH]6)sc5c4)cc3c3cncnc3c2[nH]1. The summed E-state index contributed by atoms with van der Waals surface area (Å²) in [6, 6.07) is 15.6. The zero-order valence-corrected chi connectivity index (χ0v) is 22.6. The van der Waals surface area contributed by atoms with Crippen molar-refractivity contribution in [2.45, 2.75) is 46.0 Å². The summed E-state index contributed by atoms with van der Waals surface area (Å²) in [6.45, 7) is 8.70. The molecule has 0 saturated carbocycles. The number of H-pyrrole nitrogens is 2. The molecule has 0 bridgehead atoms. The molecule has 7 aromatic rings. The van der Waals surface area contributed by atoms with E-state index in [1.54, 1.807) is 17.7 Å². The number of rotatable bonds is 5. The van der Waals surface area contributed by atoms with Crippen LogP contribution >= 0.6 is 11.3 Å². The van der Waals surface area contributed by atoms with E-state index >= 15 is 0 Å². The number of nitrogens with zero attached hydrogens (tertiary/aromatic N) is 4. The number of thiophene rings is 1. The van der Waals surface area contributed by atoms with Crippen LogP contribution in [0, 0.1) is 0 Å². The topological polar surface area (TPSA) is 83.1 Å². The van der Waals surface area contributed by atoms with Crippen molar-refractivity contribution < 1.29 is 0 Å². The van der Waals surface area contributed by atoms with Gasteiger partial charge in [-0.25, -0.2) is 19.9 Å². The van der Waals surface area contributed by atoms with Crippen LogP contribution in [-0.2, 0) is 0 Å². The molecule has 1 atom stereocenters. The summed E-state index contributed by atoms with van der Waals surface area (Å²) >= 11 is 1.79. The van der Waals surface area contributed by atoms with Gasteiger partial charge in [-0.15, -0.1) is 11.3 Å². The summed E-state index contributed by atoms with van der Waals surface area (Å²) in [5, 5.41) is 4.52. The molecule has 2 N–H and O–H groups in total. The maximum absolute atomic E-state index is 5.03. The van der Waals surface area contributed by atoms with Crippen LogP contribution in [0.5, 0.6) is 0 Å². The van der Waals surface area contributed by atoms with Crippen molar-refractivity contribution in [2.24, 2.45) is 0 Å². The first-order chi connectivity index (χ1) is 18.5. The number of hydrogen-bond donors (Lipinski definition) is 2. The lowest BCUT2D eigenvalue weighted by Gasteiger charge is -2.08. The third-order valence-electron chi connectivity index (χ3n) is 7.58. The van der Waals surface area contributed by atoms with Gasteiger partial charge < -0.3 is 9.97 Å². The minimum atomic E-state index is 0.356. The van der Waals surface area contributed by atoms with E-state index in [1.165, 1.54) is 26.1 Å². The van der Waals surface area contributed by atoms with Crippen LogP contribution in [0.2, 0.25) is 0 Å². The van der Waals surface area contributed by atoms with E-state index < -0.39 is 0 Å². The molecule has 0 unspecified atom stereocenters. The van der Waals surface area contributed by atoms with Crippen molar-refractivity contribution in [3.63, 3.8) is 0 Å². The highest BCUT2D eigenvalue weighted by atomic mass is 32.1. The predicted octanol–water partition coefficient (Wildman–Crippen LogP) is 8.57. The first-order valence-corrected chi connectivity index (χ1v) is 14.0. The molecular formula is C31H28N6S. The third kappa shape index (κ3) is 3.61. The minimum Gasteiger partial charge on any atom is -0.341 e. The highest BCUT2D eigenvalue weighted by Gasteiger charge is 2.17. The van der Waals surface area contributed by atoms with Gasteiger partial charge in [0.25, 0.3) is 0 Å². The first-order valence-electron chi connectivity index (χ1n) is 13.1. The lowest BCUT2D eigenvalue weighted by atomic mass is 9.98. The number of imidazole rings is 2. The van der Waals surface area contributed by atoms with Gasteiger partial charge in [0.05, 0.1) is 33.3 Å². The number of benzene rings is 3. The Morgan fingerprint density at radius 3 is 2.47 bits per heavy atom. The summed E-state index contributed by atoms with van der Waals surface area (Å²) in [5.41, 5.74) is 6.32. The molecule has 0 amide bonds. The van der Waals surface area contributed by atoms with Crippen LogP contribution in [0.15, 0.2) is 61.2 Å². The summed E-state index contributed by atoms with van der Waals surface area (Å²) in [7, 11) is 0. The van der Waals surface area contributed by atoms with E-state index in [1.807, 2.05) is 12.4 Å². The molecule has 38 heavy (non-hydrogen) atoms. The fourth-order valence-corrected chi connectivity index (χ4v) is 6.23. The van der Waals surface area contributed by atoms with Gasteiger partial charge in [0.2, 0.25) is 0 Å². The lowest BCUT2D eigenvalue weighted by Crippen LogP contribution is -1.93. The number of nitrogens with one attached hydrogen (secondary N) is 2. The third-order valence-corrected chi connectivity index (χ3v) is 8.71. The van der Waals surface area contributed by atoms with Gasteiger partial charge in [-0.3, -0.25) is 0 Å². The van der Waals surface area contributed by atoms with E-state index in [0.29, 0.717) is 11.8 Å². The fraction of sp³-hybridized carbons (Fsp3) is 0.226. The van der Waals surface area contributed by atoms with Crippen molar-refractivity contribution in [1.82, 2.24) is 29.9 Å². The Morgan fingerprint density at radius 2 is 1.66 bits per heavy atom. The summed E-state index contributed by atoms with van der Waals surface area (Å²) in [6.07, 6.45) is 6.51. The average Bonchev–Trinajstić information content (AvgIpc) is 3.70. The van der Waals surface area contributed by atoms with Crippen LogP contribution in [-0.4, -0.2) is 29.9 Å². The van der Waals surface area contributed by atoms with Crippen LogP contribution in [0.3, 0.4) is 0 Å². The first kappa shape index (κ1) is 23.0. The molecule has 0 aliphatic rings. The summed E-state index contributed by atoms with van der Waals surface area (Å²) in [4.78, 5) is 26.8. The van der Waals surface area contributed by atoms with Crippen molar-refractivity contribution >= 4 is 54.1 Å². The van der Waals surface area contributed by atoms with Gasteiger partial charge in [-0.2, -0.15) is 0 Å². The molecule has 4 heterocycles. The van der Waals surface area contributed by atoms with E-state index in [2.05, 4.69) is 95.1 Å². The molecule has 0 fully saturated rings. The van der Waals surface area contributed by atoms with Gasteiger partial charge in [-0.1, -0.05) is 52.0 Å². The molecular weight excluding hydrogens is 488 g/mol. The van der Waals surface area contributed by atoms with E-state index in [4.69, 9.17) is 4.98 Å². The molecule has 0 aliphatic heterocycles. The monoisotopic (exact) mass is 516 g/mol. The Hall–Kier alpha value is -4.10. The standard InChI is InChI=1S/C31H28N6S/c1-5-17(4)31-36-28-21-9-8-18(10-22(21)23-13-32-15-34-27(23)29(28)37-31)19-6-7-20-12-26(38-25(20)11-19)24-14-33-30(35-24)16(2)3/h6-17H,5H2,1-4H3,(H,33,35)(H,36,37)/t17-/m1/s1. The van der Waals surface area contributed by atoms with Gasteiger partial charge in [0.1, 0.15) is 18.0 Å². The summed E-state index contributed by atoms with van der Waals surface area (Å²) < 4.78 is 1.26. The molecule has 0 saturated heterocycles. The molecule has 6 nitrogen and oxygen atoms in total. The van der Waals surface area contributed by atoms with Gasteiger partial charge >= 0.3 is 0 Å². The molecule has 0 spiro atoms. The van der Waals surface area contributed by atoms with Gasteiger partial charge in [-0.05, 0) is 46.5 Å². The van der Waals surface area contributed by atoms with Crippen LogP contribution in [0.4, 0.5) is 0 Å². The Morgan fingerprint density at radius 1 is 0.816 bits per heavy atom. The predicted molar refractivity (Wildman–Crippen MR) is 158 cm³/mol. The lowest BCUT2D eigenvalue weighted by molar-refractivity contribution is 0.692. The number of hydrogen-bond acceptors (Lipinski definition) is 5. The molecule has 7 rings (SSSR count). The van der Waals surface area contributed by atoms with E-state index in [0.717, 1.165) is 56.5 Å². The number of fused-ring (bicyclic) bond motifs is 7. The summed E-state index contributed by atoms with van der Waals surface area (Å²) in [5.74, 6) is 2.77. The smallest absolute Gasteiger partial charge is 0.116 e. The van der Waals surface area contributed by atoms with E-state index in [9.17, 15) is 0 Å². The molecule has 188 valence electrons. The fourth-order valence-electron chi connectivity index (χ4n) is 5.16. The van der Waals surface area contributed by atoms with Crippen LogP contribution in [0.25, 0.3) is 64.5 Å². The van der Waals surface area contributed by atoms with Crippen molar-refractivity contribution in [3.05, 3.63) is 72.8 Å². The molecule has 4 aromatic heterocycles. The second-order valence-corrected chi connectivity index (χ2v) is 11.5. The Bertz CT molecular complexity index is 1980. The highest BCUT2D eigenvalue weighted by molar-refractivity contribution is 7.22. The molecule has 3 aromatic carbocycles. The number of aromatic nitrogens is 6. The number of aromatic amines is 2. The quantitative estimate of drug-likeness (QED) is 0.224. The van der Waals surface area contributed by atoms with Crippen molar-refractivity contribution in [3.8, 4) is 21.7 Å². The van der Waals surface area contributed by atoms with Crippen LogP contribution in [0.1, 0.15) is 57.6 Å². The Kier molecular flexibility index (Phi) is 5.30. The molecule has 0 radical (unpaired) electrons. The highest BCUT2D eigenvalue weighted by Crippen LogP contribution is 2.38. The zero-order valence-electron chi connectivity index (χ0n) is 21.8. The normalized spacial score (nSPS) is 13.0. The molecule has 0 aliphatic carbocycles. The second-order valence-electron chi connectivity index (χ2n) is 10.4. The maximum atomic E-state index is 5.03. The maximum Gasteiger partial charge on any atom is 0.116 e. The Balaban J connectivity index is 1.37.